The van der Waals surface area contributed by atoms with Gasteiger partial charge in [-0.1, -0.05) is 13.8 Å². The van der Waals surface area contributed by atoms with Crippen LogP contribution < -0.4 is 0 Å². The summed E-state index contributed by atoms with van der Waals surface area (Å²) in [6.45, 7) is 7.49. The fourth-order valence-electron chi connectivity index (χ4n) is 2.51. The number of carbonyl (C=O) groups is 2. The molecular formula is C14H21N3O3. The third-order valence-corrected chi connectivity index (χ3v) is 3.72. The molecule has 110 valence electrons. The number of carboxylic acid groups (broad SMARTS) is 1. The van der Waals surface area contributed by atoms with Crippen LogP contribution in [0.1, 0.15) is 49.2 Å². The normalized spacial score (nSPS) is 18.8. The van der Waals surface area contributed by atoms with Gasteiger partial charge in [0.2, 0.25) is 0 Å². The molecule has 2 rings (SSSR count). The lowest BCUT2D eigenvalue weighted by Gasteiger charge is -2.16. The van der Waals surface area contributed by atoms with E-state index in [-0.39, 0.29) is 11.8 Å². The molecule has 0 aliphatic carbocycles. The van der Waals surface area contributed by atoms with Crippen LogP contribution in [0.25, 0.3) is 0 Å². The highest BCUT2D eigenvalue weighted by molar-refractivity contribution is 5.95. The van der Waals surface area contributed by atoms with Gasteiger partial charge in [0.25, 0.3) is 5.91 Å². The molecule has 0 bridgehead atoms. The summed E-state index contributed by atoms with van der Waals surface area (Å²) >= 11 is 0. The molecule has 1 atom stereocenters. The number of hydrogen-bond donors (Lipinski definition) is 1. The summed E-state index contributed by atoms with van der Waals surface area (Å²) < 4.78 is 1.76. The molecule has 0 aromatic carbocycles. The number of carbonyl (C=O) groups excluding carboxylic acids is 1. The highest BCUT2D eigenvalue weighted by atomic mass is 16.4. The Labute approximate surface area is 118 Å². The van der Waals surface area contributed by atoms with Gasteiger partial charge in [-0.15, -0.1) is 0 Å². The average Bonchev–Trinajstić information content (AvgIpc) is 3.04. The molecule has 1 aliphatic rings. The summed E-state index contributed by atoms with van der Waals surface area (Å²) in [5, 5.41) is 13.4. The van der Waals surface area contributed by atoms with E-state index in [0.717, 1.165) is 5.69 Å². The Bertz CT molecular complexity index is 522. The van der Waals surface area contributed by atoms with Gasteiger partial charge in [-0.3, -0.25) is 14.3 Å². The van der Waals surface area contributed by atoms with Crippen molar-refractivity contribution in [3.63, 3.8) is 0 Å². The molecule has 6 nitrogen and oxygen atoms in total. The molecule has 0 radical (unpaired) electrons. The quantitative estimate of drug-likeness (QED) is 0.907. The molecular weight excluding hydrogens is 258 g/mol. The maximum atomic E-state index is 12.5. The van der Waals surface area contributed by atoms with Gasteiger partial charge in [0.15, 0.2) is 0 Å². The number of likely N-dealkylation sites (tertiary alicyclic amines) is 1. The van der Waals surface area contributed by atoms with Gasteiger partial charge < -0.3 is 10.0 Å². The van der Waals surface area contributed by atoms with E-state index in [1.54, 1.807) is 15.8 Å². The number of aromatic nitrogens is 2. The van der Waals surface area contributed by atoms with Crippen molar-refractivity contribution < 1.29 is 14.7 Å². The Hall–Kier alpha value is -1.85. The third-order valence-electron chi connectivity index (χ3n) is 3.72. The van der Waals surface area contributed by atoms with E-state index < -0.39 is 11.9 Å². The minimum absolute atomic E-state index is 0.0999. The summed E-state index contributed by atoms with van der Waals surface area (Å²) in [5.41, 5.74) is 1.39. The van der Waals surface area contributed by atoms with Crippen LogP contribution in [-0.4, -0.2) is 44.8 Å². The first-order chi connectivity index (χ1) is 9.43. The summed E-state index contributed by atoms with van der Waals surface area (Å²) in [5.74, 6) is -1.20. The molecule has 1 fully saturated rings. The Kier molecular flexibility index (Phi) is 4.11. The number of rotatable bonds is 4. The minimum Gasteiger partial charge on any atom is -0.481 e. The van der Waals surface area contributed by atoms with E-state index in [2.05, 4.69) is 5.10 Å². The second kappa shape index (κ2) is 5.64. The number of aliphatic carboxylic acids is 1. The average molecular weight is 279 g/mol. The third kappa shape index (κ3) is 2.69. The van der Waals surface area contributed by atoms with Crippen molar-refractivity contribution >= 4 is 11.9 Å². The maximum absolute atomic E-state index is 12.5. The number of amides is 1. The molecule has 2 heterocycles. The zero-order chi connectivity index (χ0) is 14.9. The topological polar surface area (TPSA) is 75.4 Å². The van der Waals surface area contributed by atoms with Crippen LogP contribution in [0.5, 0.6) is 0 Å². The van der Waals surface area contributed by atoms with Crippen molar-refractivity contribution in [3.05, 3.63) is 17.5 Å². The second-order valence-electron chi connectivity index (χ2n) is 5.51. The van der Waals surface area contributed by atoms with Crippen molar-refractivity contribution in [1.82, 2.24) is 14.7 Å². The molecule has 0 spiro atoms. The largest absolute Gasteiger partial charge is 0.481 e. The van der Waals surface area contributed by atoms with Gasteiger partial charge in [-0.25, -0.2) is 0 Å². The first-order valence-electron chi connectivity index (χ1n) is 7.03. The lowest BCUT2D eigenvalue weighted by atomic mass is 10.1. The van der Waals surface area contributed by atoms with E-state index in [1.807, 2.05) is 20.8 Å². The van der Waals surface area contributed by atoms with Crippen LogP contribution in [-0.2, 0) is 11.3 Å². The molecule has 1 aromatic heterocycles. The summed E-state index contributed by atoms with van der Waals surface area (Å²) in [6.07, 6.45) is 2.30. The van der Waals surface area contributed by atoms with Crippen molar-refractivity contribution in [3.8, 4) is 0 Å². The molecule has 1 saturated heterocycles. The lowest BCUT2D eigenvalue weighted by Crippen LogP contribution is -2.30. The monoisotopic (exact) mass is 279 g/mol. The van der Waals surface area contributed by atoms with Gasteiger partial charge in [0, 0.05) is 25.8 Å². The summed E-state index contributed by atoms with van der Waals surface area (Å²) in [6, 6.07) is 0. The molecule has 0 unspecified atom stereocenters. The molecule has 1 aliphatic heterocycles. The van der Waals surface area contributed by atoms with E-state index in [4.69, 9.17) is 5.11 Å². The summed E-state index contributed by atoms with van der Waals surface area (Å²) in [7, 11) is 0. The fourth-order valence-corrected chi connectivity index (χ4v) is 2.51. The molecule has 6 heteroatoms. The predicted molar refractivity (Wildman–Crippen MR) is 73.6 cm³/mol. The minimum atomic E-state index is -0.825. The van der Waals surface area contributed by atoms with Gasteiger partial charge >= 0.3 is 5.97 Å². The van der Waals surface area contributed by atoms with E-state index in [1.165, 1.54) is 0 Å². The van der Waals surface area contributed by atoms with Gasteiger partial charge in [0.05, 0.1) is 17.2 Å². The van der Waals surface area contributed by atoms with Gasteiger partial charge in [-0.05, 0) is 19.3 Å². The smallest absolute Gasteiger partial charge is 0.308 e. The fraction of sp³-hybridized carbons (Fsp3) is 0.643. The molecule has 1 amide bonds. The van der Waals surface area contributed by atoms with Crippen molar-refractivity contribution in [1.29, 1.82) is 0 Å². The van der Waals surface area contributed by atoms with Crippen molar-refractivity contribution in [2.24, 2.45) is 5.92 Å². The second-order valence-corrected chi connectivity index (χ2v) is 5.51. The van der Waals surface area contributed by atoms with Crippen LogP contribution in [0, 0.1) is 5.92 Å². The van der Waals surface area contributed by atoms with Crippen LogP contribution in [0.15, 0.2) is 6.20 Å². The van der Waals surface area contributed by atoms with Crippen molar-refractivity contribution in [2.45, 2.75) is 39.7 Å². The molecule has 1 aromatic rings. The van der Waals surface area contributed by atoms with Gasteiger partial charge in [-0.2, -0.15) is 5.10 Å². The first-order valence-corrected chi connectivity index (χ1v) is 7.03. The first kappa shape index (κ1) is 14.6. The van der Waals surface area contributed by atoms with Gasteiger partial charge in [0.1, 0.15) is 0 Å². The number of carboxylic acids is 1. The lowest BCUT2D eigenvalue weighted by molar-refractivity contribution is -0.141. The highest BCUT2D eigenvalue weighted by Gasteiger charge is 2.33. The van der Waals surface area contributed by atoms with E-state index >= 15 is 0 Å². The summed E-state index contributed by atoms with van der Waals surface area (Å²) in [4.78, 5) is 25.2. The maximum Gasteiger partial charge on any atom is 0.308 e. The number of nitrogens with zero attached hydrogens (tertiary/aromatic N) is 3. The Morgan fingerprint density at radius 2 is 2.20 bits per heavy atom. The zero-order valence-corrected chi connectivity index (χ0v) is 12.2. The number of aryl methyl sites for hydroxylation is 1. The standard InChI is InChI=1S/C14H21N3O3/c1-4-17-8-11(12(15-17)9(2)3)13(18)16-6-5-10(7-16)14(19)20/h8-10H,4-7H2,1-3H3,(H,19,20)/t10-/m1/s1. The Balaban J connectivity index is 2.21. The Morgan fingerprint density at radius 3 is 2.70 bits per heavy atom. The van der Waals surface area contributed by atoms with E-state index in [9.17, 15) is 9.59 Å². The predicted octanol–water partition coefficient (Wildman–Crippen LogP) is 1.57. The molecule has 20 heavy (non-hydrogen) atoms. The number of hydrogen-bond acceptors (Lipinski definition) is 3. The highest BCUT2D eigenvalue weighted by Crippen LogP contribution is 2.23. The van der Waals surface area contributed by atoms with Crippen LogP contribution >= 0.6 is 0 Å². The van der Waals surface area contributed by atoms with Crippen LogP contribution in [0.3, 0.4) is 0 Å². The Morgan fingerprint density at radius 1 is 1.50 bits per heavy atom. The SMILES string of the molecule is CCn1cc(C(=O)N2CC[C@@H](C(=O)O)C2)c(C(C)C)n1. The van der Waals surface area contributed by atoms with Crippen LogP contribution in [0.4, 0.5) is 0 Å². The van der Waals surface area contributed by atoms with E-state index in [0.29, 0.717) is 31.6 Å². The molecule has 1 N–H and O–H groups in total. The van der Waals surface area contributed by atoms with Crippen LogP contribution in [0.2, 0.25) is 0 Å². The zero-order valence-electron chi connectivity index (χ0n) is 12.2. The molecule has 0 saturated carbocycles. The van der Waals surface area contributed by atoms with Crippen molar-refractivity contribution in [2.75, 3.05) is 13.1 Å².